The molecule has 1 aliphatic heterocycles. The number of benzene rings is 1. The molecule has 21 heavy (non-hydrogen) atoms. The lowest BCUT2D eigenvalue weighted by Gasteiger charge is -2.22. The van der Waals surface area contributed by atoms with E-state index in [1.54, 1.807) is 18.2 Å². The molecule has 1 aliphatic rings. The highest BCUT2D eigenvalue weighted by Gasteiger charge is 2.13. The molecule has 0 unspecified atom stereocenters. The summed E-state index contributed by atoms with van der Waals surface area (Å²) >= 11 is 6.10. The molecule has 5 nitrogen and oxygen atoms in total. The molecular formula is C14H18Cl2N4O. The van der Waals surface area contributed by atoms with E-state index in [1.807, 2.05) is 0 Å². The summed E-state index contributed by atoms with van der Waals surface area (Å²) in [4.78, 5) is 19.2. The minimum atomic E-state index is -0.162. The van der Waals surface area contributed by atoms with Crippen molar-refractivity contribution in [2.45, 2.75) is 12.8 Å². The highest BCUT2D eigenvalue weighted by atomic mass is 35.5. The Balaban J connectivity index is 0.00000161. The number of piperidine rings is 1. The van der Waals surface area contributed by atoms with E-state index >= 15 is 0 Å². The second-order valence-corrected chi connectivity index (χ2v) is 5.53. The molecule has 2 aromatic rings. The molecule has 2 heterocycles. The monoisotopic (exact) mass is 328 g/mol. The van der Waals surface area contributed by atoms with E-state index in [9.17, 15) is 4.79 Å². The zero-order valence-electron chi connectivity index (χ0n) is 11.5. The van der Waals surface area contributed by atoms with E-state index < -0.39 is 0 Å². The summed E-state index contributed by atoms with van der Waals surface area (Å²) in [5.41, 5.74) is 0.385. The standard InChI is InChI=1S/C14H17ClN4O.ClH/c15-11-3-1-2-10-12(11)18-14(19-13(10)20)17-8-9-4-6-16-7-5-9;/h1-3,9,16H,4-8H2,(H2,17,18,19,20);1H. The minimum Gasteiger partial charge on any atom is -0.355 e. The Morgan fingerprint density at radius 1 is 1.33 bits per heavy atom. The summed E-state index contributed by atoms with van der Waals surface area (Å²) < 4.78 is 0. The fourth-order valence-electron chi connectivity index (χ4n) is 2.54. The maximum absolute atomic E-state index is 12.0. The molecule has 1 fully saturated rings. The van der Waals surface area contributed by atoms with Crippen molar-refractivity contribution in [3.05, 3.63) is 33.6 Å². The van der Waals surface area contributed by atoms with Crippen molar-refractivity contribution < 1.29 is 0 Å². The average Bonchev–Trinajstić information content (AvgIpc) is 2.47. The second-order valence-electron chi connectivity index (χ2n) is 5.12. The number of fused-ring (bicyclic) bond motifs is 1. The fourth-order valence-corrected chi connectivity index (χ4v) is 2.75. The molecule has 1 aromatic carbocycles. The lowest BCUT2D eigenvalue weighted by molar-refractivity contribution is 0.389. The van der Waals surface area contributed by atoms with Crippen LogP contribution in [0.15, 0.2) is 23.0 Å². The van der Waals surface area contributed by atoms with Crippen LogP contribution in [0, 0.1) is 5.92 Å². The number of halogens is 2. The van der Waals surface area contributed by atoms with Crippen LogP contribution in [0.3, 0.4) is 0 Å². The number of aromatic amines is 1. The van der Waals surface area contributed by atoms with E-state index in [-0.39, 0.29) is 18.0 Å². The van der Waals surface area contributed by atoms with Crippen molar-refractivity contribution >= 4 is 40.9 Å². The Morgan fingerprint density at radius 2 is 2.10 bits per heavy atom. The van der Waals surface area contributed by atoms with Crippen LogP contribution in [0.25, 0.3) is 10.9 Å². The first kappa shape index (κ1) is 16.1. The number of nitrogens with zero attached hydrogens (tertiary/aromatic N) is 1. The third-order valence-corrected chi connectivity index (χ3v) is 4.01. The van der Waals surface area contributed by atoms with E-state index in [0.717, 1.165) is 32.5 Å². The molecule has 114 valence electrons. The molecule has 3 N–H and O–H groups in total. The van der Waals surface area contributed by atoms with Crippen LogP contribution < -0.4 is 16.2 Å². The predicted molar refractivity (Wildman–Crippen MR) is 88.7 cm³/mol. The average molecular weight is 329 g/mol. The Bertz CT molecular complexity index is 668. The summed E-state index contributed by atoms with van der Waals surface area (Å²) in [6, 6.07) is 5.22. The van der Waals surface area contributed by atoms with E-state index in [2.05, 4.69) is 20.6 Å². The lowest BCUT2D eigenvalue weighted by atomic mass is 9.98. The summed E-state index contributed by atoms with van der Waals surface area (Å²) in [5, 5.41) is 7.57. The van der Waals surface area contributed by atoms with Crippen LogP contribution in [-0.4, -0.2) is 29.6 Å². The van der Waals surface area contributed by atoms with Gasteiger partial charge in [0.1, 0.15) is 0 Å². The molecule has 7 heteroatoms. The number of anilines is 1. The van der Waals surface area contributed by atoms with Crippen molar-refractivity contribution in [3.8, 4) is 0 Å². The number of hydrogen-bond acceptors (Lipinski definition) is 4. The summed E-state index contributed by atoms with van der Waals surface area (Å²) in [6.45, 7) is 2.93. The van der Waals surface area contributed by atoms with Gasteiger partial charge in [-0.05, 0) is 44.0 Å². The smallest absolute Gasteiger partial charge is 0.260 e. The Morgan fingerprint density at radius 3 is 2.86 bits per heavy atom. The van der Waals surface area contributed by atoms with Crippen molar-refractivity contribution in [3.63, 3.8) is 0 Å². The summed E-state index contributed by atoms with van der Waals surface area (Å²) in [6.07, 6.45) is 2.29. The van der Waals surface area contributed by atoms with Gasteiger partial charge in [-0.3, -0.25) is 9.78 Å². The SMILES string of the molecule is Cl.O=c1[nH]c(NCC2CCNCC2)nc2c(Cl)cccc12. The molecule has 0 aliphatic carbocycles. The Kier molecular flexibility index (Phi) is 5.45. The molecule has 0 radical (unpaired) electrons. The molecule has 1 aromatic heterocycles. The number of nitrogens with one attached hydrogen (secondary N) is 3. The maximum atomic E-state index is 12.0. The van der Waals surface area contributed by atoms with Gasteiger partial charge in [0.25, 0.3) is 5.56 Å². The maximum Gasteiger partial charge on any atom is 0.260 e. The third-order valence-electron chi connectivity index (χ3n) is 3.70. The zero-order chi connectivity index (χ0) is 13.9. The number of H-pyrrole nitrogens is 1. The van der Waals surface area contributed by atoms with Crippen molar-refractivity contribution in [1.29, 1.82) is 0 Å². The molecule has 0 saturated carbocycles. The topological polar surface area (TPSA) is 69.8 Å². The van der Waals surface area contributed by atoms with Gasteiger partial charge in [0.15, 0.2) is 0 Å². The predicted octanol–water partition coefficient (Wildman–Crippen LogP) is 2.41. The van der Waals surface area contributed by atoms with Gasteiger partial charge < -0.3 is 10.6 Å². The van der Waals surface area contributed by atoms with Gasteiger partial charge in [0, 0.05) is 6.54 Å². The highest BCUT2D eigenvalue weighted by Crippen LogP contribution is 2.19. The lowest BCUT2D eigenvalue weighted by Crippen LogP contribution is -2.31. The van der Waals surface area contributed by atoms with Gasteiger partial charge in [0.05, 0.1) is 15.9 Å². The summed E-state index contributed by atoms with van der Waals surface area (Å²) in [7, 11) is 0. The van der Waals surface area contributed by atoms with Gasteiger partial charge in [-0.2, -0.15) is 0 Å². The molecule has 0 bridgehead atoms. The number of para-hydroxylation sites is 1. The molecule has 0 atom stereocenters. The van der Waals surface area contributed by atoms with Crippen LogP contribution in [0.5, 0.6) is 0 Å². The quantitative estimate of drug-likeness (QED) is 0.809. The normalized spacial score (nSPS) is 15.7. The molecule has 1 saturated heterocycles. The fraction of sp³-hybridized carbons (Fsp3) is 0.429. The van der Waals surface area contributed by atoms with Gasteiger partial charge in [-0.15, -0.1) is 12.4 Å². The number of aromatic nitrogens is 2. The van der Waals surface area contributed by atoms with Gasteiger partial charge in [-0.25, -0.2) is 4.98 Å². The largest absolute Gasteiger partial charge is 0.355 e. The van der Waals surface area contributed by atoms with Crippen molar-refractivity contribution in [2.24, 2.45) is 5.92 Å². The van der Waals surface area contributed by atoms with Crippen molar-refractivity contribution in [1.82, 2.24) is 15.3 Å². The molecule has 0 spiro atoms. The van der Waals surface area contributed by atoms with E-state index in [1.165, 1.54) is 0 Å². The van der Waals surface area contributed by atoms with Gasteiger partial charge >= 0.3 is 0 Å². The van der Waals surface area contributed by atoms with Gasteiger partial charge in [-0.1, -0.05) is 17.7 Å². The Hall–Kier alpha value is -1.30. The molecule has 3 rings (SSSR count). The molecular weight excluding hydrogens is 311 g/mol. The number of hydrogen-bond donors (Lipinski definition) is 3. The highest BCUT2D eigenvalue weighted by molar-refractivity contribution is 6.35. The van der Waals surface area contributed by atoms with Crippen LogP contribution in [-0.2, 0) is 0 Å². The number of rotatable bonds is 3. The van der Waals surface area contributed by atoms with Gasteiger partial charge in [0.2, 0.25) is 5.95 Å². The van der Waals surface area contributed by atoms with E-state index in [4.69, 9.17) is 11.6 Å². The first-order valence-electron chi connectivity index (χ1n) is 6.87. The first-order valence-corrected chi connectivity index (χ1v) is 7.25. The van der Waals surface area contributed by atoms with Crippen LogP contribution in [0.4, 0.5) is 5.95 Å². The first-order chi connectivity index (χ1) is 9.74. The third kappa shape index (κ3) is 3.67. The van der Waals surface area contributed by atoms with Crippen molar-refractivity contribution in [2.75, 3.05) is 25.0 Å². The van der Waals surface area contributed by atoms with Crippen LogP contribution in [0.1, 0.15) is 12.8 Å². The minimum absolute atomic E-state index is 0. The van der Waals surface area contributed by atoms with Crippen LogP contribution >= 0.6 is 24.0 Å². The zero-order valence-corrected chi connectivity index (χ0v) is 13.1. The van der Waals surface area contributed by atoms with Crippen LogP contribution in [0.2, 0.25) is 5.02 Å². The second kappa shape index (κ2) is 7.11. The summed E-state index contributed by atoms with van der Waals surface area (Å²) in [5.74, 6) is 1.11. The Labute approximate surface area is 133 Å². The van der Waals surface area contributed by atoms with E-state index in [0.29, 0.717) is 27.8 Å². The molecule has 0 amide bonds.